The van der Waals surface area contributed by atoms with Crippen LogP contribution >= 0.6 is 0 Å². The third-order valence-electron chi connectivity index (χ3n) is 3.00. The molecule has 0 spiro atoms. The van der Waals surface area contributed by atoms with Crippen molar-refractivity contribution in [3.63, 3.8) is 0 Å². The molecule has 4 heteroatoms. The number of rotatable bonds is 3. The Kier molecular flexibility index (Phi) is 4.11. The van der Waals surface area contributed by atoms with E-state index in [1.54, 1.807) is 13.0 Å². The van der Waals surface area contributed by atoms with E-state index in [2.05, 4.69) is 20.8 Å². The van der Waals surface area contributed by atoms with Gasteiger partial charge in [0.2, 0.25) is 0 Å². The van der Waals surface area contributed by atoms with E-state index < -0.39 is 9.84 Å². The van der Waals surface area contributed by atoms with E-state index in [-0.39, 0.29) is 11.2 Å². The molecule has 102 valence electrons. The second kappa shape index (κ2) is 4.92. The average molecular weight is 269 g/mol. The van der Waals surface area contributed by atoms with Crippen molar-refractivity contribution in [1.82, 2.24) is 0 Å². The number of nitrogens with zero attached hydrogens (tertiary/aromatic N) is 1. The fourth-order valence-corrected chi connectivity index (χ4v) is 2.77. The molecule has 3 nitrogen and oxygen atoms in total. The highest BCUT2D eigenvalue weighted by Gasteiger charge is 2.22. The molecule has 0 saturated heterocycles. The Bertz CT molecular complexity index is 525. The number of hydrogen-bond donors (Lipinski definition) is 0. The molecule has 1 aromatic rings. The van der Waals surface area contributed by atoms with Gasteiger partial charge in [-0.25, -0.2) is 8.42 Å². The van der Waals surface area contributed by atoms with Crippen LogP contribution in [0.15, 0.2) is 23.1 Å². The van der Waals surface area contributed by atoms with Crippen molar-refractivity contribution in [2.24, 2.45) is 0 Å². The molecule has 0 fully saturated rings. The molecule has 0 unspecified atom stereocenters. The van der Waals surface area contributed by atoms with Crippen LogP contribution in [0.5, 0.6) is 0 Å². The molecule has 0 aliphatic rings. The molecule has 0 aliphatic heterocycles. The Hall–Kier alpha value is -1.03. The summed E-state index contributed by atoms with van der Waals surface area (Å²) in [6, 6.07) is 5.40. The first-order valence-electron chi connectivity index (χ1n) is 6.14. The highest BCUT2D eigenvalue weighted by molar-refractivity contribution is 7.91. The molecule has 1 rings (SSSR count). The molecule has 0 radical (unpaired) electrons. The second-order valence-corrected chi connectivity index (χ2v) is 8.01. The molecule has 0 aromatic heterocycles. The first-order chi connectivity index (χ1) is 8.09. The van der Waals surface area contributed by atoms with E-state index in [1.165, 1.54) is 0 Å². The quantitative estimate of drug-likeness (QED) is 0.846. The van der Waals surface area contributed by atoms with Crippen LogP contribution in [-0.2, 0) is 15.3 Å². The molecule has 0 heterocycles. The predicted molar refractivity (Wildman–Crippen MR) is 77.2 cm³/mol. The lowest BCUT2D eigenvalue weighted by atomic mass is 9.85. The number of benzene rings is 1. The van der Waals surface area contributed by atoms with E-state index >= 15 is 0 Å². The zero-order valence-electron chi connectivity index (χ0n) is 12.1. The molecule has 0 saturated carbocycles. The predicted octanol–water partition coefficient (Wildman–Crippen LogP) is 2.84. The number of hydrogen-bond acceptors (Lipinski definition) is 3. The molecular formula is C14H23NO2S. The van der Waals surface area contributed by atoms with Crippen molar-refractivity contribution in [1.29, 1.82) is 0 Å². The van der Waals surface area contributed by atoms with Crippen molar-refractivity contribution in [2.45, 2.75) is 38.0 Å². The largest absolute Gasteiger partial charge is 0.377 e. The van der Waals surface area contributed by atoms with E-state index in [4.69, 9.17) is 0 Å². The van der Waals surface area contributed by atoms with Crippen LogP contribution in [0.25, 0.3) is 0 Å². The first kappa shape index (κ1) is 15.0. The van der Waals surface area contributed by atoms with E-state index in [1.807, 2.05) is 31.1 Å². The maximum atomic E-state index is 11.9. The summed E-state index contributed by atoms with van der Waals surface area (Å²) in [5.41, 5.74) is 2.04. The van der Waals surface area contributed by atoms with Crippen molar-refractivity contribution in [2.75, 3.05) is 24.7 Å². The van der Waals surface area contributed by atoms with Crippen molar-refractivity contribution < 1.29 is 8.42 Å². The summed E-state index contributed by atoms with van der Waals surface area (Å²) in [4.78, 5) is 2.43. The van der Waals surface area contributed by atoms with Gasteiger partial charge in [-0.2, -0.15) is 0 Å². The lowest BCUT2D eigenvalue weighted by Gasteiger charge is -2.27. The molecule has 0 N–H and O–H groups in total. The third kappa shape index (κ3) is 3.05. The van der Waals surface area contributed by atoms with Gasteiger partial charge in [0.05, 0.1) is 10.6 Å². The van der Waals surface area contributed by atoms with Crippen LogP contribution in [0.4, 0.5) is 5.69 Å². The first-order valence-corrected chi connectivity index (χ1v) is 7.79. The number of anilines is 1. The minimum absolute atomic E-state index is 0.0844. The molecule has 0 bridgehead atoms. The minimum Gasteiger partial charge on any atom is -0.377 e. The Balaban J connectivity index is 3.50. The van der Waals surface area contributed by atoms with Gasteiger partial charge in [-0.15, -0.1) is 0 Å². The van der Waals surface area contributed by atoms with Crippen molar-refractivity contribution in [3.8, 4) is 0 Å². The summed E-state index contributed by atoms with van der Waals surface area (Å²) in [5.74, 6) is 0.137. The molecule has 0 aliphatic carbocycles. The van der Waals surface area contributed by atoms with Crippen LogP contribution in [-0.4, -0.2) is 28.3 Å². The lowest BCUT2D eigenvalue weighted by molar-refractivity contribution is 0.583. The summed E-state index contributed by atoms with van der Waals surface area (Å²) < 4.78 is 23.9. The topological polar surface area (TPSA) is 37.4 Å². The van der Waals surface area contributed by atoms with E-state index in [9.17, 15) is 8.42 Å². The summed E-state index contributed by atoms with van der Waals surface area (Å²) in [6.45, 7) is 7.96. The molecular weight excluding hydrogens is 246 g/mol. The Labute approximate surface area is 111 Å². The van der Waals surface area contributed by atoms with E-state index in [0.717, 1.165) is 11.3 Å². The zero-order chi connectivity index (χ0) is 14.1. The Morgan fingerprint density at radius 3 is 2.11 bits per heavy atom. The van der Waals surface area contributed by atoms with Gasteiger partial charge in [-0.3, -0.25) is 0 Å². The standard InChI is InChI=1S/C14H23NO2S/c1-7-18(16,17)11-8-9-13(15(5)6)12(10-11)14(2,3)4/h8-10H,7H2,1-6H3. The van der Waals surface area contributed by atoms with Gasteiger partial charge in [-0.05, 0) is 29.2 Å². The average Bonchev–Trinajstić information content (AvgIpc) is 2.27. The van der Waals surface area contributed by atoms with Crippen molar-refractivity contribution >= 4 is 15.5 Å². The second-order valence-electron chi connectivity index (χ2n) is 5.73. The monoisotopic (exact) mass is 269 g/mol. The molecule has 0 amide bonds. The SMILES string of the molecule is CCS(=O)(=O)c1ccc(N(C)C)c(C(C)(C)C)c1. The van der Waals surface area contributed by atoms with Crippen LogP contribution in [0.3, 0.4) is 0 Å². The zero-order valence-corrected chi connectivity index (χ0v) is 12.9. The van der Waals surface area contributed by atoms with E-state index in [0.29, 0.717) is 4.90 Å². The van der Waals surface area contributed by atoms with Crippen molar-refractivity contribution in [3.05, 3.63) is 23.8 Å². The maximum Gasteiger partial charge on any atom is 0.178 e. The van der Waals surface area contributed by atoms with Crippen LogP contribution in [0.2, 0.25) is 0 Å². The Morgan fingerprint density at radius 2 is 1.72 bits per heavy atom. The summed E-state index contributed by atoms with van der Waals surface area (Å²) >= 11 is 0. The highest BCUT2D eigenvalue weighted by Crippen LogP contribution is 2.33. The summed E-state index contributed by atoms with van der Waals surface area (Å²) in [5, 5.41) is 0. The fraction of sp³-hybridized carbons (Fsp3) is 0.571. The van der Waals surface area contributed by atoms with Gasteiger partial charge in [0.1, 0.15) is 0 Å². The summed E-state index contributed by atoms with van der Waals surface area (Å²) in [7, 11) is 0.800. The molecule has 1 aromatic carbocycles. The maximum absolute atomic E-state index is 11.9. The van der Waals surface area contributed by atoms with Gasteiger partial charge >= 0.3 is 0 Å². The summed E-state index contributed by atoms with van der Waals surface area (Å²) in [6.07, 6.45) is 0. The normalized spacial score (nSPS) is 12.6. The Morgan fingerprint density at radius 1 is 1.17 bits per heavy atom. The smallest absolute Gasteiger partial charge is 0.178 e. The molecule has 0 atom stereocenters. The minimum atomic E-state index is -3.14. The van der Waals surface area contributed by atoms with Gasteiger partial charge in [-0.1, -0.05) is 27.7 Å². The molecule has 18 heavy (non-hydrogen) atoms. The van der Waals surface area contributed by atoms with Crippen LogP contribution in [0, 0.1) is 0 Å². The highest BCUT2D eigenvalue weighted by atomic mass is 32.2. The third-order valence-corrected chi connectivity index (χ3v) is 4.73. The number of sulfone groups is 1. The van der Waals surface area contributed by atoms with Gasteiger partial charge in [0.25, 0.3) is 0 Å². The fourth-order valence-electron chi connectivity index (χ4n) is 1.87. The van der Waals surface area contributed by atoms with Crippen LogP contribution < -0.4 is 4.90 Å². The van der Waals surface area contributed by atoms with Gasteiger partial charge in [0.15, 0.2) is 9.84 Å². The van der Waals surface area contributed by atoms with Crippen LogP contribution in [0.1, 0.15) is 33.3 Å². The lowest BCUT2D eigenvalue weighted by Crippen LogP contribution is -2.20. The van der Waals surface area contributed by atoms with Gasteiger partial charge < -0.3 is 4.90 Å². The van der Waals surface area contributed by atoms with Gasteiger partial charge in [0, 0.05) is 19.8 Å².